The second-order valence-corrected chi connectivity index (χ2v) is 7.59. The van der Waals surface area contributed by atoms with Crippen LogP contribution in [0.25, 0.3) is 0 Å². The molecule has 1 aliphatic rings. The van der Waals surface area contributed by atoms with Crippen molar-refractivity contribution in [2.45, 2.75) is 38.3 Å². The molecule has 1 aliphatic heterocycles. The van der Waals surface area contributed by atoms with E-state index < -0.39 is 29.8 Å². The van der Waals surface area contributed by atoms with Gasteiger partial charge in [0.2, 0.25) is 5.56 Å². The van der Waals surface area contributed by atoms with Crippen LogP contribution in [0.2, 0.25) is 0 Å². The van der Waals surface area contributed by atoms with Crippen molar-refractivity contribution < 1.29 is 18.0 Å². The Hall–Kier alpha value is -2.81. The van der Waals surface area contributed by atoms with E-state index in [0.29, 0.717) is 5.69 Å². The van der Waals surface area contributed by atoms with Gasteiger partial charge in [0.15, 0.2) is 0 Å². The number of likely N-dealkylation sites (tertiary alicyclic amines) is 1. The van der Waals surface area contributed by atoms with Gasteiger partial charge in [0.1, 0.15) is 5.82 Å². The summed E-state index contributed by atoms with van der Waals surface area (Å²) in [6.45, 7) is 3.32. The van der Waals surface area contributed by atoms with Gasteiger partial charge in [-0.2, -0.15) is 0 Å². The Morgan fingerprint density at radius 3 is 2.57 bits per heavy atom. The molecule has 0 spiro atoms. The third kappa shape index (κ3) is 5.02. The highest BCUT2D eigenvalue weighted by Gasteiger charge is 2.23. The van der Waals surface area contributed by atoms with Gasteiger partial charge in [-0.25, -0.2) is 13.2 Å². The predicted molar refractivity (Wildman–Crippen MR) is 108 cm³/mol. The Balaban J connectivity index is 1.78. The highest BCUT2D eigenvalue weighted by Crippen LogP contribution is 2.27. The number of piperidine rings is 1. The molecule has 1 fully saturated rings. The number of carbonyl (C=O) groups excluding carboxylic acids is 1. The summed E-state index contributed by atoms with van der Waals surface area (Å²) in [4.78, 5) is 29.3. The number of hydrogen-bond acceptors (Lipinski definition) is 4. The lowest BCUT2D eigenvalue weighted by Gasteiger charge is -2.30. The number of pyridine rings is 1. The highest BCUT2D eigenvalue weighted by atomic mass is 19.3. The number of carbonyl (C=O) groups is 1. The molecule has 2 heterocycles. The van der Waals surface area contributed by atoms with Crippen molar-refractivity contribution in [2.75, 3.05) is 25.5 Å². The first-order valence-corrected chi connectivity index (χ1v) is 9.81. The van der Waals surface area contributed by atoms with E-state index >= 15 is 0 Å². The van der Waals surface area contributed by atoms with E-state index in [0.717, 1.165) is 32.0 Å². The number of benzene rings is 1. The topological polar surface area (TPSA) is 77.2 Å². The van der Waals surface area contributed by atoms with Crippen molar-refractivity contribution in [3.05, 3.63) is 63.3 Å². The molecule has 0 unspecified atom stereocenters. The number of amides is 1. The predicted octanol–water partition coefficient (Wildman–Crippen LogP) is 3.45. The van der Waals surface area contributed by atoms with Gasteiger partial charge in [-0.15, -0.1) is 0 Å². The van der Waals surface area contributed by atoms with Crippen LogP contribution in [0.4, 0.5) is 18.9 Å². The summed E-state index contributed by atoms with van der Waals surface area (Å²) in [5.74, 6) is -1.58. The molecule has 0 bridgehead atoms. The number of alkyl halides is 2. The molecular weight excluding hydrogens is 397 g/mol. The number of hydrogen-bond donors (Lipinski definition) is 3. The van der Waals surface area contributed by atoms with Crippen LogP contribution in [0.15, 0.2) is 35.3 Å². The lowest BCUT2D eigenvalue weighted by atomic mass is 10.0. The maximum atomic E-state index is 14.4. The van der Waals surface area contributed by atoms with Gasteiger partial charge < -0.3 is 20.5 Å². The Kier molecular flexibility index (Phi) is 6.81. The first kappa shape index (κ1) is 21.9. The van der Waals surface area contributed by atoms with Gasteiger partial charge >= 0.3 is 0 Å². The summed E-state index contributed by atoms with van der Waals surface area (Å²) in [7, 11) is 2.03. The summed E-state index contributed by atoms with van der Waals surface area (Å²) < 4.78 is 40.3. The Bertz CT molecular complexity index is 956. The summed E-state index contributed by atoms with van der Waals surface area (Å²) in [5, 5.41) is 5.89. The summed E-state index contributed by atoms with van der Waals surface area (Å²) >= 11 is 0. The van der Waals surface area contributed by atoms with Crippen molar-refractivity contribution in [1.29, 1.82) is 0 Å². The van der Waals surface area contributed by atoms with Crippen LogP contribution in [0.1, 0.15) is 53.7 Å². The van der Waals surface area contributed by atoms with Crippen LogP contribution >= 0.6 is 0 Å². The first-order valence-electron chi connectivity index (χ1n) is 9.81. The largest absolute Gasteiger partial charge is 0.381 e. The van der Waals surface area contributed by atoms with Crippen LogP contribution in [0.5, 0.6) is 0 Å². The number of aromatic nitrogens is 1. The summed E-state index contributed by atoms with van der Waals surface area (Å²) in [6.07, 6.45) is 0.0873. The summed E-state index contributed by atoms with van der Waals surface area (Å²) in [6, 6.07) is 4.29. The van der Waals surface area contributed by atoms with Crippen LogP contribution in [0.3, 0.4) is 0 Å². The maximum Gasteiger partial charge on any atom is 0.266 e. The highest BCUT2D eigenvalue weighted by molar-refractivity contribution is 5.99. The van der Waals surface area contributed by atoms with Gasteiger partial charge in [-0.3, -0.25) is 9.59 Å². The molecule has 30 heavy (non-hydrogen) atoms. The minimum absolute atomic E-state index is 0.0320. The zero-order chi connectivity index (χ0) is 21.8. The normalized spacial score (nSPS) is 16.5. The quantitative estimate of drug-likeness (QED) is 0.667. The zero-order valence-electron chi connectivity index (χ0n) is 16.8. The maximum absolute atomic E-state index is 14.4. The molecule has 1 aromatic carbocycles. The van der Waals surface area contributed by atoms with Crippen LogP contribution < -0.4 is 16.2 Å². The third-order valence-corrected chi connectivity index (χ3v) is 5.35. The molecule has 3 rings (SSSR count). The molecule has 1 amide bonds. The van der Waals surface area contributed by atoms with Gasteiger partial charge in [-0.1, -0.05) is 18.2 Å². The lowest BCUT2D eigenvalue weighted by molar-refractivity contribution is 0.0939. The fourth-order valence-electron chi connectivity index (χ4n) is 3.58. The second kappa shape index (κ2) is 9.34. The van der Waals surface area contributed by atoms with E-state index in [1.54, 1.807) is 0 Å². The third-order valence-electron chi connectivity index (χ3n) is 5.35. The zero-order valence-corrected chi connectivity index (χ0v) is 16.8. The van der Waals surface area contributed by atoms with Gasteiger partial charge in [0.05, 0.1) is 22.9 Å². The molecule has 162 valence electrons. The number of anilines is 1. The molecule has 0 saturated carbocycles. The van der Waals surface area contributed by atoms with Gasteiger partial charge in [-0.05, 0) is 39.9 Å². The van der Waals surface area contributed by atoms with Crippen LogP contribution in [-0.2, 0) is 0 Å². The van der Waals surface area contributed by atoms with E-state index in [4.69, 9.17) is 0 Å². The number of aromatic amines is 1. The minimum atomic E-state index is -2.95. The Labute approximate surface area is 172 Å². The molecule has 1 aromatic heterocycles. The van der Waals surface area contributed by atoms with E-state index in [2.05, 4.69) is 20.5 Å². The van der Waals surface area contributed by atoms with Crippen molar-refractivity contribution in [1.82, 2.24) is 15.2 Å². The number of rotatable bonds is 6. The molecule has 1 atom stereocenters. The fourth-order valence-corrected chi connectivity index (χ4v) is 3.58. The SMILES string of the molecule is C[C@@H](NC(=O)c1c[nH]c(=O)cc1NC1CCN(C)CC1)c1cccc(C(F)F)c1F. The first-order chi connectivity index (χ1) is 14.3. The van der Waals surface area contributed by atoms with E-state index in [9.17, 15) is 22.8 Å². The monoisotopic (exact) mass is 422 g/mol. The van der Waals surface area contributed by atoms with E-state index in [-0.39, 0.29) is 22.7 Å². The van der Waals surface area contributed by atoms with Gasteiger partial charge in [0.25, 0.3) is 12.3 Å². The molecule has 9 heteroatoms. The van der Waals surface area contributed by atoms with Crippen molar-refractivity contribution in [3.8, 4) is 0 Å². The fraction of sp³-hybridized carbons (Fsp3) is 0.429. The lowest BCUT2D eigenvalue weighted by Crippen LogP contribution is -2.37. The standard InChI is InChI=1S/C21H25F3N4O2/c1-12(14-4-3-5-15(19(14)22)20(23)24)26-21(30)16-11-25-18(29)10-17(16)27-13-6-8-28(2)9-7-13/h3-5,10-13,20H,6-9H2,1-2H3,(H,26,30)(H2,25,27,29)/t12-/m1/s1. The molecular formula is C21H25F3N4O2. The van der Waals surface area contributed by atoms with Gasteiger partial charge in [0, 0.05) is 23.9 Å². The number of H-pyrrole nitrogens is 1. The molecule has 1 saturated heterocycles. The number of nitrogens with one attached hydrogen (secondary N) is 3. The average Bonchev–Trinajstić information content (AvgIpc) is 2.69. The molecule has 0 radical (unpaired) electrons. The van der Waals surface area contributed by atoms with E-state index in [1.165, 1.54) is 31.3 Å². The number of nitrogens with zero attached hydrogens (tertiary/aromatic N) is 1. The van der Waals surface area contributed by atoms with Crippen LogP contribution in [-0.4, -0.2) is 42.0 Å². The van der Waals surface area contributed by atoms with E-state index in [1.807, 2.05) is 7.05 Å². The Morgan fingerprint density at radius 2 is 1.90 bits per heavy atom. The molecule has 2 aromatic rings. The second-order valence-electron chi connectivity index (χ2n) is 7.59. The smallest absolute Gasteiger partial charge is 0.266 e. The Morgan fingerprint density at radius 1 is 1.23 bits per heavy atom. The van der Waals surface area contributed by atoms with Crippen molar-refractivity contribution in [3.63, 3.8) is 0 Å². The minimum Gasteiger partial charge on any atom is -0.381 e. The number of halogens is 3. The molecule has 3 N–H and O–H groups in total. The molecule has 6 nitrogen and oxygen atoms in total. The van der Waals surface area contributed by atoms with Crippen molar-refractivity contribution in [2.24, 2.45) is 0 Å². The molecule has 0 aliphatic carbocycles. The van der Waals surface area contributed by atoms with Crippen LogP contribution in [0, 0.1) is 5.82 Å². The average molecular weight is 422 g/mol. The summed E-state index contributed by atoms with van der Waals surface area (Å²) in [5.41, 5.74) is -0.506. The van der Waals surface area contributed by atoms with Crippen molar-refractivity contribution >= 4 is 11.6 Å².